The number of para-hydroxylation sites is 2. The van der Waals surface area contributed by atoms with Gasteiger partial charge in [0, 0.05) is 106 Å². The van der Waals surface area contributed by atoms with E-state index in [1.165, 1.54) is 22.7 Å². The summed E-state index contributed by atoms with van der Waals surface area (Å²) in [6.45, 7) is 7.07. The van der Waals surface area contributed by atoms with E-state index in [4.69, 9.17) is 24.7 Å². The summed E-state index contributed by atoms with van der Waals surface area (Å²) in [6, 6.07) is 47.8. The van der Waals surface area contributed by atoms with Crippen LogP contribution >= 0.6 is 22.7 Å². The number of hydrogen-bond donors (Lipinski definition) is 2. The summed E-state index contributed by atoms with van der Waals surface area (Å²) >= 11 is 2.92. The number of nitrogens with one attached hydrogen (secondary N) is 2. The molecule has 2 aliphatic heterocycles. The highest BCUT2D eigenvalue weighted by molar-refractivity contribution is 7.21. The molecule has 0 bridgehead atoms. The van der Waals surface area contributed by atoms with Gasteiger partial charge in [-0.2, -0.15) is 5.26 Å². The monoisotopic (exact) mass is 1090 g/mol. The first-order valence-corrected chi connectivity index (χ1v) is 28.1. The third kappa shape index (κ3) is 11.1. The number of pyridine rings is 3. The minimum absolute atomic E-state index is 0.163. The number of piperazine rings is 1. The summed E-state index contributed by atoms with van der Waals surface area (Å²) in [5.74, 6) is -0.493. The van der Waals surface area contributed by atoms with Gasteiger partial charge < -0.3 is 20.3 Å². The number of benzene rings is 5. The van der Waals surface area contributed by atoms with Gasteiger partial charge >= 0.3 is 0 Å². The number of ether oxygens (including phenoxy) is 1. The number of amides is 3. The van der Waals surface area contributed by atoms with Crippen molar-refractivity contribution in [1.82, 2.24) is 39.6 Å². The third-order valence-electron chi connectivity index (χ3n) is 14.5. The van der Waals surface area contributed by atoms with Crippen molar-refractivity contribution in [3.8, 4) is 60.7 Å². The zero-order chi connectivity index (χ0) is 54.5. The van der Waals surface area contributed by atoms with Gasteiger partial charge in [-0.15, -0.1) is 0 Å². The van der Waals surface area contributed by atoms with Gasteiger partial charge in [0.2, 0.25) is 5.91 Å². The average molecular weight is 1090 g/mol. The fraction of sp³-hybridized carbons (Fsp3) is 0.190. The zero-order valence-corrected chi connectivity index (χ0v) is 45.4. The van der Waals surface area contributed by atoms with Crippen LogP contribution in [0.3, 0.4) is 0 Å². The number of aromatic nitrogens is 5. The summed E-state index contributed by atoms with van der Waals surface area (Å²) in [6.07, 6.45) is 5.25. The van der Waals surface area contributed by atoms with Crippen molar-refractivity contribution in [3.05, 3.63) is 186 Å². The zero-order valence-electron chi connectivity index (χ0n) is 43.8. The largest absolute Gasteiger partial charge is 0.383 e. The summed E-state index contributed by atoms with van der Waals surface area (Å²) < 4.78 is 5.39. The molecule has 3 amide bonds. The summed E-state index contributed by atoms with van der Waals surface area (Å²) in [5, 5.41) is 17.2. The van der Waals surface area contributed by atoms with Crippen molar-refractivity contribution in [2.45, 2.75) is 25.9 Å². The second-order valence-corrected chi connectivity index (χ2v) is 21.7. The molecule has 2 aliphatic rings. The van der Waals surface area contributed by atoms with Crippen LogP contribution in [0.25, 0.3) is 75.3 Å². The SMILES string of the molecule is COCCN1CCN(Cc2cnc3sc(-c4ccccc4NC(=O)c4cccc(-c5cccc(C#N)c5)n4)nc3c2-c2ccccc2-c2cccc(C(=O)Nc3ccccc3-c3nc4cc(CN5CCCC5=O)cnc4s3)c2)CC1. The topological polar surface area (TPSA) is 182 Å². The van der Waals surface area contributed by atoms with E-state index in [2.05, 4.69) is 43.6 Å². The van der Waals surface area contributed by atoms with Crippen molar-refractivity contribution in [1.29, 1.82) is 5.26 Å². The molecule has 15 nitrogen and oxygen atoms in total. The maximum Gasteiger partial charge on any atom is 0.274 e. The van der Waals surface area contributed by atoms with E-state index >= 15 is 0 Å². The normalized spacial score (nSPS) is 13.9. The van der Waals surface area contributed by atoms with Crippen LogP contribution < -0.4 is 10.6 Å². The van der Waals surface area contributed by atoms with Crippen LogP contribution in [0.5, 0.6) is 0 Å². The summed E-state index contributed by atoms with van der Waals surface area (Å²) in [7, 11) is 1.74. The predicted molar refractivity (Wildman–Crippen MR) is 315 cm³/mol. The van der Waals surface area contributed by atoms with E-state index in [9.17, 15) is 19.6 Å². The molecule has 0 atom stereocenters. The number of rotatable bonds is 16. The Morgan fingerprint density at radius 2 is 1.32 bits per heavy atom. The number of carbonyl (C=O) groups is 3. The molecule has 0 aliphatic carbocycles. The first-order valence-electron chi connectivity index (χ1n) is 26.5. The van der Waals surface area contributed by atoms with Crippen molar-refractivity contribution in [3.63, 3.8) is 0 Å². The Balaban J connectivity index is 0.860. The molecule has 2 fully saturated rings. The molecule has 10 aromatic rings. The van der Waals surface area contributed by atoms with E-state index in [0.717, 1.165) is 121 Å². The molecule has 5 aromatic heterocycles. The van der Waals surface area contributed by atoms with Crippen molar-refractivity contribution >= 4 is 72.5 Å². The second kappa shape index (κ2) is 23.2. The van der Waals surface area contributed by atoms with Crippen molar-refractivity contribution < 1.29 is 19.1 Å². The average Bonchev–Trinajstić information content (AvgIpc) is 4.29. The Morgan fingerprint density at radius 3 is 2.09 bits per heavy atom. The molecule has 0 spiro atoms. The summed E-state index contributed by atoms with van der Waals surface area (Å²) in [4.78, 5) is 73.9. The van der Waals surface area contributed by atoms with Gasteiger partial charge in [0.05, 0.1) is 35.3 Å². The molecule has 17 heteroatoms. The van der Waals surface area contributed by atoms with Gasteiger partial charge in [-0.05, 0) is 101 Å². The Kier molecular flexibility index (Phi) is 15.0. The number of hydrogen-bond acceptors (Lipinski definition) is 14. The number of methoxy groups -OCH3 is 1. The van der Waals surface area contributed by atoms with Gasteiger partial charge in [-0.25, -0.2) is 24.9 Å². The minimum atomic E-state index is -0.386. The van der Waals surface area contributed by atoms with Crippen LogP contribution in [0.4, 0.5) is 11.4 Å². The smallest absolute Gasteiger partial charge is 0.274 e. The number of fused-ring (bicyclic) bond motifs is 2. The van der Waals surface area contributed by atoms with Crippen LogP contribution in [0, 0.1) is 11.3 Å². The molecule has 80 heavy (non-hydrogen) atoms. The Labute approximate surface area is 470 Å². The molecule has 0 radical (unpaired) electrons. The molecule has 5 aromatic carbocycles. The number of carbonyl (C=O) groups excluding carboxylic acids is 3. The lowest BCUT2D eigenvalue weighted by Crippen LogP contribution is -2.46. The predicted octanol–water partition coefficient (Wildman–Crippen LogP) is 11.7. The van der Waals surface area contributed by atoms with Gasteiger partial charge in [0.15, 0.2) is 0 Å². The van der Waals surface area contributed by atoms with Crippen LogP contribution in [-0.2, 0) is 22.6 Å². The maximum atomic E-state index is 14.4. The highest BCUT2D eigenvalue weighted by Crippen LogP contribution is 2.43. The minimum Gasteiger partial charge on any atom is -0.383 e. The number of nitriles is 1. The Morgan fingerprint density at radius 1 is 0.650 bits per heavy atom. The fourth-order valence-electron chi connectivity index (χ4n) is 10.4. The highest BCUT2D eigenvalue weighted by atomic mass is 32.1. The lowest BCUT2D eigenvalue weighted by Gasteiger charge is -2.34. The molecule has 7 heterocycles. The molecule has 2 N–H and O–H groups in total. The van der Waals surface area contributed by atoms with Gasteiger partial charge in [0.1, 0.15) is 36.4 Å². The van der Waals surface area contributed by atoms with E-state index in [1.807, 2.05) is 120 Å². The number of likely N-dealkylation sites (tertiary alicyclic amines) is 1. The number of thiazole rings is 2. The molecule has 2 saturated heterocycles. The fourth-order valence-corrected chi connectivity index (χ4v) is 12.3. The Hall–Kier alpha value is -8.89. The first-order chi connectivity index (χ1) is 39.2. The standard InChI is InChI=1S/C63H53N11O4S2/c1-78-31-30-72-26-28-73(29-27-72)39-45-37-66-63-57(71-61(80-63)49-19-5-7-21-52(49)69-59(77)53-23-10-22-50(67-53)43-14-8-12-40(32-43)35-64)56(45)47-17-3-2-16-46(47)42-13-9-15-44(34-42)58(76)68-51-20-6-4-18-48(51)60-70-54-33-41(36-65-62(54)79-60)38-74-25-11-24-55(74)75/h2-10,12-23,32-34,36-37H,11,24-31,38-39H2,1H3,(H,68,76)(H,69,77). The molecule has 12 rings (SSSR count). The van der Waals surface area contributed by atoms with Crippen LogP contribution in [0.15, 0.2) is 158 Å². The highest BCUT2D eigenvalue weighted by Gasteiger charge is 2.26. The van der Waals surface area contributed by atoms with E-state index in [-0.39, 0.29) is 23.4 Å². The van der Waals surface area contributed by atoms with Crippen LogP contribution in [0.1, 0.15) is 50.4 Å². The number of nitrogens with zero attached hydrogens (tertiary/aromatic N) is 9. The van der Waals surface area contributed by atoms with E-state index in [1.54, 1.807) is 37.4 Å². The summed E-state index contributed by atoms with van der Waals surface area (Å²) in [5.41, 5.74) is 12.3. The van der Waals surface area contributed by atoms with Crippen LogP contribution in [-0.4, -0.2) is 110 Å². The van der Waals surface area contributed by atoms with Crippen LogP contribution in [0.2, 0.25) is 0 Å². The van der Waals surface area contributed by atoms with Gasteiger partial charge in [-0.3, -0.25) is 24.2 Å². The molecule has 0 saturated carbocycles. The maximum absolute atomic E-state index is 14.4. The lowest BCUT2D eigenvalue weighted by molar-refractivity contribution is -0.128. The number of anilines is 2. The second-order valence-electron chi connectivity index (χ2n) is 19.8. The first kappa shape index (κ1) is 51.8. The van der Waals surface area contributed by atoms with Crippen molar-refractivity contribution in [2.75, 3.05) is 63.6 Å². The van der Waals surface area contributed by atoms with Gasteiger partial charge in [-0.1, -0.05) is 102 Å². The van der Waals surface area contributed by atoms with E-state index in [0.29, 0.717) is 59.3 Å². The lowest BCUT2D eigenvalue weighted by atomic mass is 9.91. The third-order valence-corrected chi connectivity index (χ3v) is 16.5. The molecule has 0 unspecified atom stereocenters. The molecular formula is C63H53N11O4S2. The van der Waals surface area contributed by atoms with Crippen molar-refractivity contribution in [2.24, 2.45) is 0 Å². The molecule has 396 valence electrons. The quantitative estimate of drug-likeness (QED) is 0.0935. The van der Waals surface area contributed by atoms with E-state index < -0.39 is 0 Å². The van der Waals surface area contributed by atoms with Gasteiger partial charge in [0.25, 0.3) is 11.8 Å². The molecular weight excluding hydrogens is 1040 g/mol. The Bertz CT molecular complexity index is 4030.